The fourth-order valence-electron chi connectivity index (χ4n) is 4.59. The van der Waals surface area contributed by atoms with Crippen LogP contribution in [0.2, 0.25) is 0 Å². The van der Waals surface area contributed by atoms with Crippen LogP contribution in [0.15, 0.2) is 48.7 Å². The average molecular weight is 434 g/mol. The number of ether oxygens (including phenoxy) is 1. The SMILES string of the molecule is CCCC[C@H](CC)C(=O)Oc1ccc(-c2nc3ccccn3c2NC2CCCCC2)cc1. The van der Waals surface area contributed by atoms with E-state index in [-0.39, 0.29) is 11.9 Å². The van der Waals surface area contributed by atoms with Crippen LogP contribution in [-0.4, -0.2) is 21.4 Å². The van der Waals surface area contributed by atoms with Crippen LogP contribution in [0.5, 0.6) is 5.75 Å². The molecule has 0 unspecified atom stereocenters. The Hall–Kier alpha value is -2.82. The largest absolute Gasteiger partial charge is 0.426 e. The first-order valence-electron chi connectivity index (χ1n) is 12.2. The van der Waals surface area contributed by atoms with Gasteiger partial charge in [0.15, 0.2) is 0 Å². The zero-order valence-electron chi connectivity index (χ0n) is 19.3. The number of rotatable bonds is 9. The number of carbonyl (C=O) groups is 1. The van der Waals surface area contributed by atoms with E-state index >= 15 is 0 Å². The van der Waals surface area contributed by atoms with Crippen LogP contribution in [0.4, 0.5) is 5.82 Å². The van der Waals surface area contributed by atoms with Crippen molar-refractivity contribution in [1.29, 1.82) is 0 Å². The van der Waals surface area contributed by atoms with Gasteiger partial charge in [0, 0.05) is 17.8 Å². The lowest BCUT2D eigenvalue weighted by Crippen LogP contribution is -2.23. The van der Waals surface area contributed by atoms with Gasteiger partial charge in [-0.25, -0.2) is 4.98 Å². The van der Waals surface area contributed by atoms with Crippen LogP contribution in [0.3, 0.4) is 0 Å². The van der Waals surface area contributed by atoms with Gasteiger partial charge in [-0.3, -0.25) is 9.20 Å². The number of hydrogen-bond acceptors (Lipinski definition) is 4. The highest BCUT2D eigenvalue weighted by atomic mass is 16.5. The first kappa shape index (κ1) is 22.4. The minimum Gasteiger partial charge on any atom is -0.426 e. The van der Waals surface area contributed by atoms with Gasteiger partial charge in [-0.1, -0.05) is 52.0 Å². The Morgan fingerprint density at radius 1 is 1.12 bits per heavy atom. The second-order valence-corrected chi connectivity index (χ2v) is 8.91. The van der Waals surface area contributed by atoms with E-state index in [2.05, 4.69) is 29.8 Å². The van der Waals surface area contributed by atoms with Crippen molar-refractivity contribution in [2.24, 2.45) is 5.92 Å². The third-order valence-electron chi connectivity index (χ3n) is 6.55. The fourth-order valence-corrected chi connectivity index (χ4v) is 4.59. The molecule has 0 saturated heterocycles. The standard InChI is InChI=1S/C27H35N3O2/c1-3-5-11-20(4-2)27(31)32-23-17-15-21(16-18-23)25-26(28-22-12-7-6-8-13-22)30-19-10-9-14-24(30)29-25/h9-10,14-20,22,28H,3-8,11-13H2,1-2H3/t20-/m0/s1. The van der Waals surface area contributed by atoms with Crippen LogP contribution < -0.4 is 10.1 Å². The van der Waals surface area contributed by atoms with E-state index in [4.69, 9.17) is 9.72 Å². The molecule has 1 N–H and O–H groups in total. The summed E-state index contributed by atoms with van der Waals surface area (Å²) in [4.78, 5) is 17.5. The molecule has 3 aromatic rings. The summed E-state index contributed by atoms with van der Waals surface area (Å²) in [5.74, 6) is 1.49. The number of esters is 1. The van der Waals surface area contributed by atoms with Crippen LogP contribution in [-0.2, 0) is 4.79 Å². The summed E-state index contributed by atoms with van der Waals surface area (Å²) in [5.41, 5.74) is 2.89. The first-order valence-corrected chi connectivity index (χ1v) is 12.2. The third-order valence-corrected chi connectivity index (χ3v) is 6.55. The lowest BCUT2D eigenvalue weighted by molar-refractivity contribution is -0.139. The quantitative estimate of drug-likeness (QED) is 0.295. The second-order valence-electron chi connectivity index (χ2n) is 8.91. The van der Waals surface area contributed by atoms with Crippen molar-refractivity contribution in [2.45, 2.75) is 77.7 Å². The molecule has 2 aromatic heterocycles. The van der Waals surface area contributed by atoms with E-state index in [1.54, 1.807) is 0 Å². The predicted molar refractivity (Wildman–Crippen MR) is 130 cm³/mol. The van der Waals surface area contributed by atoms with Gasteiger partial charge in [-0.05, 0) is 62.1 Å². The Balaban J connectivity index is 1.55. The van der Waals surface area contributed by atoms with Crippen molar-refractivity contribution in [3.05, 3.63) is 48.7 Å². The summed E-state index contributed by atoms with van der Waals surface area (Å²) in [7, 11) is 0. The number of imidazole rings is 1. The van der Waals surface area contributed by atoms with Crippen molar-refractivity contribution in [2.75, 3.05) is 5.32 Å². The Morgan fingerprint density at radius 2 is 1.91 bits per heavy atom. The number of nitrogens with one attached hydrogen (secondary N) is 1. The number of unbranched alkanes of at least 4 members (excludes halogenated alkanes) is 1. The molecule has 0 amide bonds. The molecule has 1 atom stereocenters. The lowest BCUT2D eigenvalue weighted by atomic mass is 9.95. The van der Waals surface area contributed by atoms with Gasteiger partial charge < -0.3 is 10.1 Å². The number of aromatic nitrogens is 2. The van der Waals surface area contributed by atoms with E-state index < -0.39 is 0 Å². The van der Waals surface area contributed by atoms with Crippen molar-refractivity contribution in [1.82, 2.24) is 9.38 Å². The molecule has 4 rings (SSSR count). The third kappa shape index (κ3) is 5.14. The summed E-state index contributed by atoms with van der Waals surface area (Å²) in [6, 6.07) is 14.3. The topological polar surface area (TPSA) is 55.6 Å². The molecule has 0 aliphatic heterocycles. The van der Waals surface area contributed by atoms with Crippen LogP contribution in [0.1, 0.15) is 71.6 Å². The number of carbonyl (C=O) groups excluding carboxylic acids is 1. The summed E-state index contributed by atoms with van der Waals surface area (Å²) in [6.07, 6.45) is 12.2. The van der Waals surface area contributed by atoms with E-state index in [1.807, 2.05) is 42.5 Å². The Bertz CT molecular complexity index is 1020. The van der Waals surface area contributed by atoms with Crippen molar-refractivity contribution >= 4 is 17.4 Å². The molecule has 1 aromatic carbocycles. The molecule has 0 radical (unpaired) electrons. The predicted octanol–water partition coefficient (Wildman–Crippen LogP) is 6.87. The molecule has 5 heteroatoms. The molecule has 5 nitrogen and oxygen atoms in total. The van der Waals surface area contributed by atoms with E-state index in [9.17, 15) is 4.79 Å². The summed E-state index contributed by atoms with van der Waals surface area (Å²) in [5, 5.41) is 3.77. The monoisotopic (exact) mass is 433 g/mol. The summed E-state index contributed by atoms with van der Waals surface area (Å²) < 4.78 is 7.82. The maximum atomic E-state index is 12.5. The van der Waals surface area contributed by atoms with Gasteiger partial charge in [0.1, 0.15) is 22.9 Å². The number of hydrogen-bond donors (Lipinski definition) is 1. The van der Waals surface area contributed by atoms with Gasteiger partial charge >= 0.3 is 5.97 Å². The molecule has 1 saturated carbocycles. The van der Waals surface area contributed by atoms with Crippen LogP contribution in [0.25, 0.3) is 16.9 Å². The minimum atomic E-state index is -0.124. The average Bonchev–Trinajstić information content (AvgIpc) is 3.19. The van der Waals surface area contributed by atoms with Crippen LogP contribution >= 0.6 is 0 Å². The molecular formula is C27H35N3O2. The maximum Gasteiger partial charge on any atom is 0.314 e. The Kier molecular flexibility index (Phi) is 7.46. The highest BCUT2D eigenvalue weighted by Gasteiger charge is 2.21. The van der Waals surface area contributed by atoms with Gasteiger partial charge in [0.2, 0.25) is 0 Å². The van der Waals surface area contributed by atoms with E-state index in [0.29, 0.717) is 11.8 Å². The molecule has 1 fully saturated rings. The number of benzene rings is 1. The number of anilines is 1. The summed E-state index contributed by atoms with van der Waals surface area (Å²) >= 11 is 0. The van der Waals surface area contributed by atoms with E-state index in [0.717, 1.165) is 48.4 Å². The lowest BCUT2D eigenvalue weighted by Gasteiger charge is -2.24. The van der Waals surface area contributed by atoms with Crippen molar-refractivity contribution in [3.8, 4) is 17.0 Å². The van der Waals surface area contributed by atoms with Gasteiger partial charge in [-0.15, -0.1) is 0 Å². The Morgan fingerprint density at radius 3 is 2.62 bits per heavy atom. The highest BCUT2D eigenvalue weighted by Crippen LogP contribution is 2.32. The highest BCUT2D eigenvalue weighted by molar-refractivity contribution is 5.78. The zero-order chi connectivity index (χ0) is 22.3. The smallest absolute Gasteiger partial charge is 0.314 e. The van der Waals surface area contributed by atoms with Crippen molar-refractivity contribution < 1.29 is 9.53 Å². The van der Waals surface area contributed by atoms with Gasteiger partial charge in [-0.2, -0.15) is 0 Å². The number of nitrogens with zero attached hydrogens (tertiary/aromatic N) is 2. The van der Waals surface area contributed by atoms with Crippen molar-refractivity contribution in [3.63, 3.8) is 0 Å². The molecule has 1 aliphatic carbocycles. The van der Waals surface area contributed by atoms with Crippen LogP contribution in [0, 0.1) is 5.92 Å². The molecule has 0 spiro atoms. The zero-order valence-corrected chi connectivity index (χ0v) is 19.3. The second kappa shape index (κ2) is 10.7. The molecule has 32 heavy (non-hydrogen) atoms. The Labute approximate surface area is 191 Å². The normalized spacial score (nSPS) is 15.6. The molecule has 170 valence electrons. The minimum absolute atomic E-state index is 0.0284. The summed E-state index contributed by atoms with van der Waals surface area (Å²) in [6.45, 7) is 4.20. The van der Waals surface area contributed by atoms with E-state index in [1.165, 1.54) is 32.1 Å². The first-order chi connectivity index (χ1) is 15.7. The molecule has 2 heterocycles. The number of fused-ring (bicyclic) bond motifs is 1. The fraction of sp³-hybridized carbons (Fsp3) is 0.481. The molecular weight excluding hydrogens is 398 g/mol. The molecule has 0 bridgehead atoms. The van der Waals surface area contributed by atoms with Gasteiger partial charge in [0.05, 0.1) is 5.92 Å². The number of pyridine rings is 1. The van der Waals surface area contributed by atoms with Gasteiger partial charge in [0.25, 0.3) is 0 Å². The molecule has 1 aliphatic rings. The maximum absolute atomic E-state index is 12.5.